The number of benzene rings is 2. The molecule has 4 rings (SSSR count). The van der Waals surface area contributed by atoms with Crippen LogP contribution in [0.5, 0.6) is 0 Å². The lowest BCUT2D eigenvalue weighted by Gasteiger charge is -2.34. The summed E-state index contributed by atoms with van der Waals surface area (Å²) in [7, 11) is 0. The number of rotatable bonds is 4. The van der Waals surface area contributed by atoms with Gasteiger partial charge in [0.25, 0.3) is 0 Å². The minimum atomic E-state index is -0.349. The minimum absolute atomic E-state index is 0.0812. The van der Waals surface area contributed by atoms with Crippen LogP contribution in [0.25, 0.3) is 0 Å². The summed E-state index contributed by atoms with van der Waals surface area (Å²) in [5.74, 6) is -0.748. The number of carbonyl (C=O) groups excluding carboxylic acids is 2. The second kappa shape index (κ2) is 7.48. The van der Waals surface area contributed by atoms with E-state index in [-0.39, 0.29) is 30.0 Å². The fourth-order valence-corrected chi connectivity index (χ4v) is 3.91. The lowest BCUT2D eigenvalue weighted by atomic mass is 9.98. The van der Waals surface area contributed by atoms with Gasteiger partial charge in [-0.2, -0.15) is 0 Å². The van der Waals surface area contributed by atoms with E-state index < -0.39 is 0 Å². The van der Waals surface area contributed by atoms with E-state index in [1.807, 2.05) is 30.3 Å². The maximum Gasteiger partial charge on any atom is 0.241 e. The first-order chi connectivity index (χ1) is 13.1. The summed E-state index contributed by atoms with van der Waals surface area (Å²) in [5, 5.41) is 0. The van der Waals surface area contributed by atoms with Crippen molar-refractivity contribution in [2.75, 3.05) is 37.7 Å². The van der Waals surface area contributed by atoms with Crippen LogP contribution in [-0.4, -0.2) is 49.6 Å². The van der Waals surface area contributed by atoms with Crippen molar-refractivity contribution < 1.29 is 18.9 Å². The van der Waals surface area contributed by atoms with Gasteiger partial charge in [0.2, 0.25) is 11.8 Å². The second-order valence-electron chi connectivity index (χ2n) is 7.20. The van der Waals surface area contributed by atoms with Crippen molar-refractivity contribution >= 4 is 17.5 Å². The van der Waals surface area contributed by atoms with E-state index in [1.165, 1.54) is 21.9 Å². The van der Waals surface area contributed by atoms with Crippen LogP contribution >= 0.6 is 0 Å². The van der Waals surface area contributed by atoms with E-state index in [0.717, 1.165) is 37.4 Å². The van der Waals surface area contributed by atoms with E-state index in [4.69, 9.17) is 0 Å². The van der Waals surface area contributed by atoms with Crippen molar-refractivity contribution in [1.29, 1.82) is 0 Å². The van der Waals surface area contributed by atoms with Gasteiger partial charge in [-0.15, -0.1) is 0 Å². The first-order valence-corrected chi connectivity index (χ1v) is 9.35. The number of carbonyl (C=O) groups is 2. The summed E-state index contributed by atoms with van der Waals surface area (Å²) < 4.78 is 13.1. The number of halogens is 1. The van der Waals surface area contributed by atoms with Crippen LogP contribution < -0.4 is 9.80 Å². The number of nitrogens with zero attached hydrogens (tertiary/aromatic N) is 2. The molecule has 2 fully saturated rings. The zero-order valence-corrected chi connectivity index (χ0v) is 15.1. The number of hydrogen-bond donors (Lipinski definition) is 1. The molecule has 0 saturated carbocycles. The number of anilines is 1. The first kappa shape index (κ1) is 17.7. The second-order valence-corrected chi connectivity index (χ2v) is 7.20. The maximum atomic E-state index is 13.1. The molecule has 2 heterocycles. The van der Waals surface area contributed by atoms with Gasteiger partial charge in [-0.05, 0) is 29.8 Å². The van der Waals surface area contributed by atoms with Gasteiger partial charge in [0.05, 0.1) is 32.1 Å². The fourth-order valence-electron chi connectivity index (χ4n) is 3.91. The van der Waals surface area contributed by atoms with Crippen molar-refractivity contribution in [1.82, 2.24) is 4.90 Å². The molecular formula is C21H23FN3O2+. The Balaban J connectivity index is 1.35. The number of amides is 2. The Morgan fingerprint density at radius 2 is 1.63 bits per heavy atom. The molecule has 2 aromatic carbocycles. The van der Waals surface area contributed by atoms with Gasteiger partial charge >= 0.3 is 0 Å². The van der Waals surface area contributed by atoms with Crippen LogP contribution in [0.2, 0.25) is 0 Å². The van der Waals surface area contributed by atoms with Crippen molar-refractivity contribution in [3.05, 3.63) is 66.0 Å². The predicted molar refractivity (Wildman–Crippen MR) is 99.8 cm³/mol. The van der Waals surface area contributed by atoms with Crippen LogP contribution in [0.1, 0.15) is 17.9 Å². The van der Waals surface area contributed by atoms with Crippen LogP contribution in [0.15, 0.2) is 54.6 Å². The van der Waals surface area contributed by atoms with E-state index in [1.54, 1.807) is 12.1 Å². The molecule has 27 heavy (non-hydrogen) atoms. The Kier molecular flexibility index (Phi) is 4.90. The number of nitrogens with one attached hydrogen (secondary N) is 1. The summed E-state index contributed by atoms with van der Waals surface area (Å²) in [6, 6.07) is 16.1. The van der Waals surface area contributed by atoms with Crippen LogP contribution in [0, 0.1) is 5.82 Å². The average Bonchev–Trinajstić information content (AvgIpc) is 2.98. The van der Waals surface area contributed by atoms with Gasteiger partial charge in [0, 0.05) is 12.1 Å². The molecule has 2 amide bonds. The molecule has 0 aromatic heterocycles. The summed E-state index contributed by atoms with van der Waals surface area (Å²) >= 11 is 0. The fraction of sp³-hybridized carbons (Fsp3) is 0.333. The molecule has 2 aliphatic rings. The molecule has 1 atom stereocenters. The normalized spacial score (nSPS) is 21.1. The van der Waals surface area contributed by atoms with E-state index >= 15 is 0 Å². The molecule has 5 nitrogen and oxygen atoms in total. The van der Waals surface area contributed by atoms with E-state index in [0.29, 0.717) is 6.67 Å². The van der Waals surface area contributed by atoms with Gasteiger partial charge in [-0.1, -0.05) is 30.3 Å². The molecule has 0 spiro atoms. The summed E-state index contributed by atoms with van der Waals surface area (Å²) in [4.78, 5) is 30.0. The number of hydrogen-bond acceptors (Lipinski definition) is 3. The van der Waals surface area contributed by atoms with Crippen molar-refractivity contribution in [3.8, 4) is 0 Å². The highest BCUT2D eigenvalue weighted by Crippen LogP contribution is 2.28. The van der Waals surface area contributed by atoms with Crippen LogP contribution in [0.3, 0.4) is 0 Å². The third-order valence-electron chi connectivity index (χ3n) is 5.49. The average molecular weight is 368 g/mol. The third-order valence-corrected chi connectivity index (χ3v) is 5.49. The molecular weight excluding hydrogens is 345 g/mol. The van der Waals surface area contributed by atoms with Crippen LogP contribution in [0.4, 0.5) is 10.1 Å². The molecule has 2 saturated heterocycles. The Morgan fingerprint density at radius 1 is 0.963 bits per heavy atom. The largest absolute Gasteiger partial charge is 0.360 e. The predicted octanol–water partition coefficient (Wildman–Crippen LogP) is 1.03. The number of quaternary nitrogens is 1. The van der Waals surface area contributed by atoms with Gasteiger partial charge in [-0.3, -0.25) is 9.59 Å². The van der Waals surface area contributed by atoms with Crippen molar-refractivity contribution in [3.63, 3.8) is 0 Å². The van der Waals surface area contributed by atoms with E-state index in [9.17, 15) is 14.0 Å². The smallest absolute Gasteiger partial charge is 0.241 e. The van der Waals surface area contributed by atoms with Gasteiger partial charge in [-0.25, -0.2) is 9.29 Å². The molecule has 0 radical (unpaired) electrons. The highest BCUT2D eigenvalue weighted by atomic mass is 19.1. The quantitative estimate of drug-likeness (QED) is 0.820. The number of piperazine rings is 1. The SMILES string of the molecule is O=C1C[C@H](c2ccccc2)C(=O)N1C[NH+]1CCN(c2ccc(F)cc2)CC1. The molecule has 0 bridgehead atoms. The topological polar surface area (TPSA) is 45.1 Å². The van der Waals surface area contributed by atoms with Crippen molar-refractivity contribution in [2.45, 2.75) is 12.3 Å². The Labute approximate surface area is 158 Å². The Bertz CT molecular complexity index is 817. The monoisotopic (exact) mass is 368 g/mol. The molecule has 0 unspecified atom stereocenters. The standard InChI is InChI=1S/C21H22FN3O2/c22-17-6-8-18(9-7-17)24-12-10-23(11-13-24)15-25-20(26)14-19(21(25)27)16-4-2-1-3-5-16/h1-9,19H,10-15H2/p+1/t19-/m1/s1. The number of likely N-dealkylation sites (tertiary alicyclic amines) is 1. The molecule has 0 aliphatic carbocycles. The minimum Gasteiger partial charge on any atom is -0.360 e. The lowest BCUT2D eigenvalue weighted by Crippen LogP contribution is -3.16. The zero-order valence-electron chi connectivity index (χ0n) is 15.1. The first-order valence-electron chi connectivity index (χ1n) is 9.35. The summed E-state index contributed by atoms with van der Waals surface area (Å²) in [6.07, 6.45) is 0.262. The van der Waals surface area contributed by atoms with E-state index in [2.05, 4.69) is 4.90 Å². The van der Waals surface area contributed by atoms with Gasteiger partial charge in [0.15, 0.2) is 6.67 Å². The highest BCUT2D eigenvalue weighted by molar-refractivity contribution is 6.06. The third kappa shape index (κ3) is 3.71. The lowest BCUT2D eigenvalue weighted by molar-refractivity contribution is -0.907. The summed E-state index contributed by atoms with van der Waals surface area (Å²) in [5.41, 5.74) is 1.92. The van der Waals surface area contributed by atoms with Crippen LogP contribution in [-0.2, 0) is 9.59 Å². The molecule has 2 aromatic rings. The Hall–Kier alpha value is -2.73. The molecule has 6 heteroatoms. The van der Waals surface area contributed by atoms with Gasteiger partial charge < -0.3 is 9.80 Å². The maximum absolute atomic E-state index is 13.1. The van der Waals surface area contributed by atoms with Gasteiger partial charge in [0.1, 0.15) is 5.82 Å². The highest BCUT2D eigenvalue weighted by Gasteiger charge is 2.41. The zero-order chi connectivity index (χ0) is 18.8. The number of imide groups is 1. The molecule has 140 valence electrons. The van der Waals surface area contributed by atoms with Crippen molar-refractivity contribution in [2.24, 2.45) is 0 Å². The molecule has 2 aliphatic heterocycles. The summed E-state index contributed by atoms with van der Waals surface area (Å²) in [6.45, 7) is 3.74. The molecule has 1 N–H and O–H groups in total. The Morgan fingerprint density at radius 3 is 2.30 bits per heavy atom.